The second-order valence-electron chi connectivity index (χ2n) is 4.40. The molecule has 5 nitrogen and oxygen atoms in total. The second-order valence-corrected chi connectivity index (χ2v) is 4.40. The van der Waals surface area contributed by atoms with Gasteiger partial charge in [0.1, 0.15) is 5.54 Å². The summed E-state index contributed by atoms with van der Waals surface area (Å²) in [5.74, 6) is -0.225. The summed E-state index contributed by atoms with van der Waals surface area (Å²) in [5, 5.41) is 7.32. The Kier molecular flexibility index (Phi) is 4.69. The first-order valence-corrected chi connectivity index (χ1v) is 5.79. The largest absolute Gasteiger partial charge is 0.468 e. The van der Waals surface area contributed by atoms with E-state index in [1.165, 1.54) is 7.11 Å². The maximum Gasteiger partial charge on any atom is 0.325 e. The van der Waals surface area contributed by atoms with Crippen molar-refractivity contribution >= 4 is 5.97 Å². The van der Waals surface area contributed by atoms with Crippen LogP contribution in [-0.4, -0.2) is 35.4 Å². The first-order valence-electron chi connectivity index (χ1n) is 5.79. The van der Waals surface area contributed by atoms with Crippen LogP contribution in [0.5, 0.6) is 0 Å². The molecule has 0 aliphatic heterocycles. The standard InChI is InChI=1S/C12H21N3O2/c1-10-6-9-15(14-10)8-5-7-12(2,13-3)11(16)17-4/h6,9,13H,5,7-8H2,1-4H3. The molecule has 1 atom stereocenters. The Morgan fingerprint density at radius 2 is 2.35 bits per heavy atom. The van der Waals surface area contributed by atoms with Gasteiger partial charge < -0.3 is 10.1 Å². The molecule has 1 aromatic rings. The van der Waals surface area contributed by atoms with Gasteiger partial charge in [-0.1, -0.05) is 0 Å². The molecule has 0 bridgehead atoms. The van der Waals surface area contributed by atoms with Crippen LogP contribution in [0.1, 0.15) is 25.5 Å². The van der Waals surface area contributed by atoms with Crippen molar-refractivity contribution in [1.82, 2.24) is 15.1 Å². The summed E-state index contributed by atoms with van der Waals surface area (Å²) in [5.41, 5.74) is 0.395. The predicted molar refractivity (Wildman–Crippen MR) is 65.7 cm³/mol. The van der Waals surface area contributed by atoms with E-state index < -0.39 is 5.54 Å². The molecule has 1 unspecified atom stereocenters. The van der Waals surface area contributed by atoms with Crippen LogP contribution in [0.2, 0.25) is 0 Å². The minimum absolute atomic E-state index is 0.225. The molecule has 0 fully saturated rings. The fraction of sp³-hybridized carbons (Fsp3) is 0.667. The van der Waals surface area contributed by atoms with Gasteiger partial charge in [-0.2, -0.15) is 5.10 Å². The van der Waals surface area contributed by atoms with Crippen LogP contribution in [0, 0.1) is 6.92 Å². The number of nitrogens with zero attached hydrogens (tertiary/aromatic N) is 2. The van der Waals surface area contributed by atoms with Crippen LogP contribution in [0.15, 0.2) is 12.3 Å². The molecule has 0 aromatic carbocycles. The lowest BCUT2D eigenvalue weighted by Crippen LogP contribution is -2.48. The third kappa shape index (κ3) is 3.56. The predicted octanol–water partition coefficient (Wildman–Crippen LogP) is 1.12. The number of carbonyl (C=O) groups excluding carboxylic acids is 1. The van der Waals surface area contributed by atoms with Crippen LogP contribution in [0.25, 0.3) is 0 Å². The molecule has 0 aliphatic carbocycles. The number of methoxy groups -OCH3 is 1. The number of rotatable bonds is 6. The maximum atomic E-state index is 11.6. The van der Waals surface area contributed by atoms with Crippen LogP contribution < -0.4 is 5.32 Å². The zero-order valence-corrected chi connectivity index (χ0v) is 11.0. The maximum absolute atomic E-state index is 11.6. The minimum atomic E-state index is -0.614. The Bertz CT molecular complexity index is 376. The molecule has 1 N–H and O–H groups in total. The topological polar surface area (TPSA) is 56.2 Å². The normalized spacial score (nSPS) is 14.4. The van der Waals surface area contributed by atoms with Crippen molar-refractivity contribution < 1.29 is 9.53 Å². The van der Waals surface area contributed by atoms with E-state index in [0.29, 0.717) is 0 Å². The van der Waals surface area contributed by atoms with Crippen molar-refractivity contribution in [3.05, 3.63) is 18.0 Å². The highest BCUT2D eigenvalue weighted by Crippen LogP contribution is 2.14. The molecule has 5 heteroatoms. The van der Waals surface area contributed by atoms with E-state index in [1.807, 2.05) is 30.8 Å². The first-order chi connectivity index (χ1) is 8.01. The van der Waals surface area contributed by atoms with Gasteiger partial charge in [-0.05, 0) is 39.8 Å². The Hall–Kier alpha value is -1.36. The molecule has 0 amide bonds. The lowest BCUT2D eigenvalue weighted by atomic mass is 9.96. The minimum Gasteiger partial charge on any atom is -0.468 e. The Morgan fingerprint density at radius 3 is 2.82 bits per heavy atom. The van der Waals surface area contributed by atoms with E-state index in [0.717, 1.165) is 25.1 Å². The molecule has 96 valence electrons. The van der Waals surface area contributed by atoms with Crippen molar-refractivity contribution in [3.8, 4) is 0 Å². The summed E-state index contributed by atoms with van der Waals surface area (Å²) < 4.78 is 6.68. The number of ether oxygens (including phenoxy) is 1. The highest BCUT2D eigenvalue weighted by Gasteiger charge is 2.31. The van der Waals surface area contributed by atoms with E-state index >= 15 is 0 Å². The number of likely N-dealkylation sites (N-methyl/N-ethyl adjacent to an activating group) is 1. The number of carbonyl (C=O) groups is 1. The third-order valence-corrected chi connectivity index (χ3v) is 3.03. The number of nitrogens with one attached hydrogen (secondary N) is 1. The molecule has 0 radical (unpaired) electrons. The van der Waals surface area contributed by atoms with Crippen molar-refractivity contribution in [2.24, 2.45) is 0 Å². The molecule has 1 aromatic heterocycles. The van der Waals surface area contributed by atoms with Gasteiger partial charge in [0.25, 0.3) is 0 Å². The summed E-state index contributed by atoms with van der Waals surface area (Å²) >= 11 is 0. The van der Waals surface area contributed by atoms with Gasteiger partial charge in [-0.3, -0.25) is 9.48 Å². The number of hydrogen-bond donors (Lipinski definition) is 1. The van der Waals surface area contributed by atoms with Gasteiger partial charge in [-0.15, -0.1) is 0 Å². The number of aryl methyl sites for hydroxylation is 2. The van der Waals surface area contributed by atoms with Gasteiger partial charge in [0.05, 0.1) is 12.8 Å². The fourth-order valence-corrected chi connectivity index (χ4v) is 1.74. The van der Waals surface area contributed by atoms with Crippen molar-refractivity contribution in [2.45, 2.75) is 38.8 Å². The third-order valence-electron chi connectivity index (χ3n) is 3.03. The summed E-state index contributed by atoms with van der Waals surface area (Å²) in [7, 11) is 3.18. The second kappa shape index (κ2) is 5.82. The fourth-order valence-electron chi connectivity index (χ4n) is 1.74. The van der Waals surface area contributed by atoms with E-state index in [9.17, 15) is 4.79 Å². The average Bonchev–Trinajstić information content (AvgIpc) is 2.73. The summed E-state index contributed by atoms with van der Waals surface area (Å²) in [4.78, 5) is 11.6. The van der Waals surface area contributed by atoms with Gasteiger partial charge in [0.15, 0.2) is 0 Å². The average molecular weight is 239 g/mol. The van der Waals surface area contributed by atoms with Gasteiger partial charge in [0.2, 0.25) is 0 Å². The van der Waals surface area contributed by atoms with Crippen molar-refractivity contribution in [2.75, 3.05) is 14.2 Å². The Balaban J connectivity index is 2.46. The summed E-state index contributed by atoms with van der Waals surface area (Å²) in [6.07, 6.45) is 3.53. The zero-order valence-electron chi connectivity index (χ0n) is 11.0. The molecule has 0 aliphatic rings. The number of hydrogen-bond acceptors (Lipinski definition) is 4. The van der Waals surface area contributed by atoms with Gasteiger partial charge >= 0.3 is 5.97 Å². The van der Waals surface area contributed by atoms with E-state index in [2.05, 4.69) is 10.4 Å². The highest BCUT2D eigenvalue weighted by molar-refractivity contribution is 5.80. The first kappa shape index (κ1) is 13.7. The molecular formula is C12H21N3O2. The molecule has 17 heavy (non-hydrogen) atoms. The highest BCUT2D eigenvalue weighted by atomic mass is 16.5. The number of esters is 1. The van der Waals surface area contributed by atoms with E-state index in [-0.39, 0.29) is 5.97 Å². The van der Waals surface area contributed by atoms with Gasteiger partial charge in [0, 0.05) is 12.7 Å². The zero-order chi connectivity index (χ0) is 12.9. The van der Waals surface area contributed by atoms with Crippen molar-refractivity contribution in [3.63, 3.8) is 0 Å². The van der Waals surface area contributed by atoms with Crippen LogP contribution >= 0.6 is 0 Å². The smallest absolute Gasteiger partial charge is 0.325 e. The lowest BCUT2D eigenvalue weighted by Gasteiger charge is -2.25. The van der Waals surface area contributed by atoms with Crippen LogP contribution in [-0.2, 0) is 16.1 Å². The van der Waals surface area contributed by atoms with E-state index in [1.54, 1.807) is 7.05 Å². The van der Waals surface area contributed by atoms with Crippen LogP contribution in [0.4, 0.5) is 0 Å². The Labute approximate surface area is 102 Å². The SMILES string of the molecule is CNC(C)(CCCn1ccc(C)n1)C(=O)OC. The molecule has 1 heterocycles. The number of aromatic nitrogens is 2. The molecule has 0 saturated carbocycles. The quantitative estimate of drug-likeness (QED) is 0.756. The summed E-state index contributed by atoms with van der Waals surface area (Å²) in [6, 6.07) is 1.97. The summed E-state index contributed by atoms with van der Waals surface area (Å²) in [6.45, 7) is 4.62. The van der Waals surface area contributed by atoms with Gasteiger partial charge in [-0.25, -0.2) is 0 Å². The monoisotopic (exact) mass is 239 g/mol. The molecule has 0 saturated heterocycles. The Morgan fingerprint density at radius 1 is 1.65 bits per heavy atom. The van der Waals surface area contributed by atoms with Crippen LogP contribution in [0.3, 0.4) is 0 Å². The lowest BCUT2D eigenvalue weighted by molar-refractivity contribution is -0.148. The van der Waals surface area contributed by atoms with Crippen molar-refractivity contribution in [1.29, 1.82) is 0 Å². The molecule has 0 spiro atoms. The molecular weight excluding hydrogens is 218 g/mol. The molecule has 1 rings (SSSR count). The van der Waals surface area contributed by atoms with E-state index in [4.69, 9.17) is 4.74 Å².